The van der Waals surface area contributed by atoms with Gasteiger partial charge in [-0.05, 0) is 76.9 Å². The number of benzene rings is 3. The topological polar surface area (TPSA) is 0 Å². The van der Waals surface area contributed by atoms with E-state index < -0.39 is 0 Å². The Hall–Kier alpha value is -1.90. The van der Waals surface area contributed by atoms with Crippen LogP contribution in [0.4, 0.5) is 0 Å². The predicted molar refractivity (Wildman–Crippen MR) is 125 cm³/mol. The molecular weight excluding hydrogens is 472 g/mol. The van der Waals surface area contributed by atoms with Crippen molar-refractivity contribution >= 4 is 37.4 Å². The maximum atomic E-state index is 3.67. The van der Waals surface area contributed by atoms with E-state index in [1.165, 1.54) is 33.4 Å². The van der Waals surface area contributed by atoms with Crippen molar-refractivity contribution in [1.82, 2.24) is 0 Å². The summed E-state index contributed by atoms with van der Waals surface area (Å²) in [4.78, 5) is 0. The Morgan fingerprint density at radius 2 is 1.43 bits per heavy atom. The fraction of sp³-hybridized carbons (Fsp3) is 0.154. The van der Waals surface area contributed by atoms with E-state index in [1.807, 2.05) is 0 Å². The zero-order valence-electron chi connectivity index (χ0n) is 15.5. The van der Waals surface area contributed by atoms with Crippen molar-refractivity contribution in [2.75, 3.05) is 0 Å². The fourth-order valence-corrected chi connectivity index (χ4v) is 5.29. The molecule has 0 aliphatic heterocycles. The third kappa shape index (κ3) is 3.33. The Labute approximate surface area is 183 Å². The van der Waals surface area contributed by atoms with Crippen LogP contribution in [0.25, 0.3) is 16.7 Å². The molecule has 3 aromatic carbocycles. The van der Waals surface area contributed by atoms with Gasteiger partial charge in [-0.1, -0.05) is 92.0 Å². The number of hydrogen-bond donors (Lipinski definition) is 0. The molecule has 5 rings (SSSR count). The van der Waals surface area contributed by atoms with Crippen LogP contribution in [-0.4, -0.2) is 0 Å². The second-order valence-corrected chi connectivity index (χ2v) is 9.42. The summed E-state index contributed by atoms with van der Waals surface area (Å²) in [5.41, 5.74) is 9.92. The van der Waals surface area contributed by atoms with Gasteiger partial charge in [0.15, 0.2) is 0 Å². The number of fused-ring (bicyclic) bond motifs is 3. The molecule has 0 saturated carbocycles. The van der Waals surface area contributed by atoms with Gasteiger partial charge in [0.05, 0.1) is 0 Å². The SMILES string of the molecule is Brc1ccc2c(c1)C(CCC1=CC(c3ccccc3)=CC1)c1cc(Br)ccc1-2. The smallest absolute Gasteiger partial charge is 0.0178 e. The lowest BCUT2D eigenvalue weighted by molar-refractivity contribution is 0.718. The Kier molecular flexibility index (Phi) is 4.86. The molecule has 2 aliphatic carbocycles. The minimum atomic E-state index is 0.460. The van der Waals surface area contributed by atoms with Gasteiger partial charge in [0, 0.05) is 14.9 Å². The van der Waals surface area contributed by atoms with Gasteiger partial charge in [0.2, 0.25) is 0 Å². The first-order chi connectivity index (χ1) is 13.7. The lowest BCUT2D eigenvalue weighted by atomic mass is 9.90. The molecule has 0 atom stereocenters. The van der Waals surface area contributed by atoms with Crippen molar-refractivity contribution in [3.05, 3.63) is 110 Å². The summed E-state index contributed by atoms with van der Waals surface area (Å²) in [5.74, 6) is 0.460. The first kappa shape index (κ1) is 18.1. The largest absolute Gasteiger partial charge is 0.0726 e. The van der Waals surface area contributed by atoms with Crippen LogP contribution >= 0.6 is 31.9 Å². The van der Waals surface area contributed by atoms with Crippen molar-refractivity contribution in [3.8, 4) is 11.1 Å². The van der Waals surface area contributed by atoms with Gasteiger partial charge in [-0.3, -0.25) is 0 Å². The number of halogens is 2. The van der Waals surface area contributed by atoms with Gasteiger partial charge in [0.25, 0.3) is 0 Å². The molecule has 2 aliphatic rings. The predicted octanol–water partition coefficient (Wildman–Crippen LogP) is 8.52. The summed E-state index contributed by atoms with van der Waals surface area (Å²) in [5, 5.41) is 0. The van der Waals surface area contributed by atoms with E-state index >= 15 is 0 Å². The van der Waals surface area contributed by atoms with Crippen molar-refractivity contribution in [2.45, 2.75) is 25.2 Å². The van der Waals surface area contributed by atoms with E-state index in [2.05, 4.69) is 111 Å². The van der Waals surface area contributed by atoms with Crippen molar-refractivity contribution in [1.29, 1.82) is 0 Å². The van der Waals surface area contributed by atoms with Gasteiger partial charge in [-0.25, -0.2) is 0 Å². The van der Waals surface area contributed by atoms with E-state index in [-0.39, 0.29) is 0 Å². The highest BCUT2D eigenvalue weighted by molar-refractivity contribution is 9.10. The van der Waals surface area contributed by atoms with Crippen LogP contribution in [0.1, 0.15) is 41.9 Å². The lowest BCUT2D eigenvalue weighted by Crippen LogP contribution is -1.98. The maximum absolute atomic E-state index is 3.67. The fourth-order valence-electron chi connectivity index (χ4n) is 4.53. The Morgan fingerprint density at radius 1 is 0.786 bits per heavy atom. The maximum Gasteiger partial charge on any atom is 0.0178 e. The normalized spacial score (nSPS) is 15.2. The minimum Gasteiger partial charge on any atom is -0.0726 e. The Morgan fingerprint density at radius 3 is 2.07 bits per heavy atom. The van der Waals surface area contributed by atoms with E-state index in [4.69, 9.17) is 0 Å². The molecule has 0 N–H and O–H groups in total. The Bertz CT molecular complexity index is 1060. The zero-order chi connectivity index (χ0) is 19.1. The van der Waals surface area contributed by atoms with Crippen LogP contribution in [0.15, 0.2) is 93.4 Å². The molecular formula is C26H20Br2. The highest BCUT2D eigenvalue weighted by Crippen LogP contribution is 2.49. The van der Waals surface area contributed by atoms with Gasteiger partial charge < -0.3 is 0 Å². The van der Waals surface area contributed by atoms with Crippen LogP contribution in [-0.2, 0) is 0 Å². The monoisotopic (exact) mass is 490 g/mol. The summed E-state index contributed by atoms with van der Waals surface area (Å²) in [7, 11) is 0. The summed E-state index contributed by atoms with van der Waals surface area (Å²) < 4.78 is 2.33. The Balaban J connectivity index is 1.40. The third-order valence-corrected chi connectivity index (χ3v) is 6.86. The molecule has 0 radical (unpaired) electrons. The number of allylic oxidation sites excluding steroid dienone is 4. The summed E-state index contributed by atoms with van der Waals surface area (Å²) >= 11 is 7.35. The molecule has 138 valence electrons. The average Bonchev–Trinajstić information content (AvgIpc) is 3.29. The number of hydrogen-bond acceptors (Lipinski definition) is 0. The molecule has 0 heterocycles. The average molecular weight is 492 g/mol. The van der Waals surface area contributed by atoms with Gasteiger partial charge in [-0.2, -0.15) is 0 Å². The van der Waals surface area contributed by atoms with E-state index in [9.17, 15) is 0 Å². The summed E-state index contributed by atoms with van der Waals surface area (Å²) in [6, 6.07) is 24.2. The summed E-state index contributed by atoms with van der Waals surface area (Å²) in [6.45, 7) is 0. The van der Waals surface area contributed by atoms with Crippen LogP contribution in [0.3, 0.4) is 0 Å². The first-order valence-corrected chi connectivity index (χ1v) is 11.3. The second kappa shape index (κ2) is 7.50. The van der Waals surface area contributed by atoms with Crippen LogP contribution in [0, 0.1) is 0 Å². The minimum absolute atomic E-state index is 0.460. The van der Waals surface area contributed by atoms with E-state index in [1.54, 1.807) is 5.57 Å². The van der Waals surface area contributed by atoms with Gasteiger partial charge in [0.1, 0.15) is 0 Å². The first-order valence-electron chi connectivity index (χ1n) is 9.73. The van der Waals surface area contributed by atoms with Crippen molar-refractivity contribution in [2.24, 2.45) is 0 Å². The second-order valence-electron chi connectivity index (χ2n) is 7.59. The molecule has 0 amide bonds. The molecule has 0 fully saturated rings. The third-order valence-electron chi connectivity index (χ3n) is 5.87. The zero-order valence-corrected chi connectivity index (χ0v) is 18.6. The molecule has 28 heavy (non-hydrogen) atoms. The molecule has 0 saturated heterocycles. The molecule has 3 aromatic rings. The van der Waals surface area contributed by atoms with E-state index in [0.29, 0.717) is 5.92 Å². The van der Waals surface area contributed by atoms with Crippen LogP contribution < -0.4 is 0 Å². The molecule has 0 spiro atoms. The van der Waals surface area contributed by atoms with Gasteiger partial charge >= 0.3 is 0 Å². The standard InChI is InChI=1S/C26H20Br2/c27-20-9-12-22-23-13-10-21(28)16-26(23)24(25(22)15-20)11-7-17-6-8-19(14-17)18-4-2-1-3-5-18/h1-5,8-10,12-16,24H,6-7,11H2. The van der Waals surface area contributed by atoms with E-state index in [0.717, 1.165) is 28.2 Å². The quantitative estimate of drug-likeness (QED) is 0.343. The summed E-state index contributed by atoms with van der Waals surface area (Å²) in [6.07, 6.45) is 8.12. The van der Waals surface area contributed by atoms with Gasteiger partial charge in [-0.15, -0.1) is 0 Å². The van der Waals surface area contributed by atoms with Crippen LogP contribution in [0.2, 0.25) is 0 Å². The highest BCUT2D eigenvalue weighted by atomic mass is 79.9. The molecule has 0 unspecified atom stereocenters. The number of rotatable bonds is 4. The van der Waals surface area contributed by atoms with Crippen molar-refractivity contribution < 1.29 is 0 Å². The van der Waals surface area contributed by atoms with Crippen molar-refractivity contribution in [3.63, 3.8) is 0 Å². The molecule has 0 bridgehead atoms. The lowest BCUT2D eigenvalue weighted by Gasteiger charge is -2.14. The van der Waals surface area contributed by atoms with Crippen LogP contribution in [0.5, 0.6) is 0 Å². The highest BCUT2D eigenvalue weighted by Gasteiger charge is 2.29. The molecule has 2 heteroatoms. The molecule has 0 nitrogen and oxygen atoms in total. The molecule has 0 aromatic heterocycles.